The lowest BCUT2D eigenvalue weighted by atomic mass is 9.94. The van der Waals surface area contributed by atoms with Gasteiger partial charge in [-0.25, -0.2) is 0 Å². The second-order valence-corrected chi connectivity index (χ2v) is 7.54. The van der Waals surface area contributed by atoms with Crippen LogP contribution in [0.2, 0.25) is 0 Å². The molecular formula is C23H32N4O. The van der Waals surface area contributed by atoms with Crippen LogP contribution in [0.5, 0.6) is 0 Å². The van der Waals surface area contributed by atoms with Crippen LogP contribution >= 0.6 is 0 Å². The second kappa shape index (κ2) is 10.9. The predicted molar refractivity (Wildman–Crippen MR) is 113 cm³/mol. The molecule has 0 saturated carbocycles. The lowest BCUT2D eigenvalue weighted by molar-refractivity contribution is -0.123. The third-order valence-electron chi connectivity index (χ3n) is 5.56. The third-order valence-corrected chi connectivity index (χ3v) is 5.56. The Morgan fingerprint density at radius 3 is 2.50 bits per heavy atom. The van der Waals surface area contributed by atoms with Gasteiger partial charge in [0.1, 0.15) is 6.04 Å². The van der Waals surface area contributed by atoms with Gasteiger partial charge >= 0.3 is 0 Å². The van der Waals surface area contributed by atoms with Gasteiger partial charge in [0.15, 0.2) is 0 Å². The summed E-state index contributed by atoms with van der Waals surface area (Å²) in [6.45, 7) is 5.73. The molecule has 0 aliphatic carbocycles. The molecule has 2 aromatic rings. The van der Waals surface area contributed by atoms with Crippen LogP contribution in [0.15, 0.2) is 48.8 Å². The summed E-state index contributed by atoms with van der Waals surface area (Å²) in [4.78, 5) is 17.0. The van der Waals surface area contributed by atoms with Crippen molar-refractivity contribution in [2.45, 2.75) is 45.2 Å². The molecule has 0 spiro atoms. The average Bonchev–Trinajstić information content (AvgIpc) is 2.77. The lowest BCUT2D eigenvalue weighted by Crippen LogP contribution is -2.38. The number of piperidine rings is 1. The first-order valence-electron chi connectivity index (χ1n) is 10.5. The zero-order valence-corrected chi connectivity index (χ0v) is 16.8. The highest BCUT2D eigenvalue weighted by Crippen LogP contribution is 2.18. The summed E-state index contributed by atoms with van der Waals surface area (Å²) in [6.07, 6.45) is 8.07. The zero-order valence-electron chi connectivity index (χ0n) is 16.8. The number of carbonyl (C=O) groups is 1. The summed E-state index contributed by atoms with van der Waals surface area (Å²) < 4.78 is 0. The molecule has 1 atom stereocenters. The Morgan fingerprint density at radius 2 is 1.82 bits per heavy atom. The third kappa shape index (κ3) is 6.14. The fourth-order valence-electron chi connectivity index (χ4n) is 3.70. The molecule has 5 heteroatoms. The SMILES string of the molecule is CCc1ccc(C(NCCC2CCNCC2)C(=O)NCc2ccncc2)cc1. The number of aromatic nitrogens is 1. The monoisotopic (exact) mass is 380 g/mol. The van der Waals surface area contributed by atoms with Crippen LogP contribution < -0.4 is 16.0 Å². The van der Waals surface area contributed by atoms with Gasteiger partial charge in [0, 0.05) is 18.9 Å². The maximum atomic E-state index is 13.0. The zero-order chi connectivity index (χ0) is 19.6. The van der Waals surface area contributed by atoms with Gasteiger partial charge in [-0.3, -0.25) is 9.78 Å². The van der Waals surface area contributed by atoms with Crippen LogP contribution in [-0.4, -0.2) is 30.5 Å². The van der Waals surface area contributed by atoms with Crippen LogP contribution in [0.3, 0.4) is 0 Å². The van der Waals surface area contributed by atoms with Crippen molar-refractivity contribution in [1.82, 2.24) is 20.9 Å². The van der Waals surface area contributed by atoms with E-state index in [-0.39, 0.29) is 11.9 Å². The van der Waals surface area contributed by atoms with E-state index in [1.165, 1.54) is 18.4 Å². The normalized spacial score (nSPS) is 15.9. The molecule has 1 saturated heterocycles. The van der Waals surface area contributed by atoms with Crippen molar-refractivity contribution < 1.29 is 4.79 Å². The van der Waals surface area contributed by atoms with E-state index in [0.717, 1.165) is 49.5 Å². The predicted octanol–water partition coefficient (Wildman–Crippen LogP) is 2.98. The fraction of sp³-hybridized carbons (Fsp3) is 0.478. The first-order valence-corrected chi connectivity index (χ1v) is 10.5. The Labute approximate surface area is 168 Å². The van der Waals surface area contributed by atoms with E-state index in [2.05, 4.69) is 52.1 Å². The molecule has 1 unspecified atom stereocenters. The van der Waals surface area contributed by atoms with E-state index < -0.39 is 0 Å². The molecule has 1 aromatic carbocycles. The standard InChI is InChI=1S/C23H32N4O/c1-2-18-3-5-21(6-4-18)22(26-16-11-19-7-12-24-13-8-19)23(28)27-17-20-9-14-25-15-10-20/h3-6,9-10,14-15,19,22,24,26H,2,7-8,11-13,16-17H2,1H3,(H,27,28). The Kier molecular flexibility index (Phi) is 8.00. The van der Waals surface area contributed by atoms with Crippen molar-refractivity contribution in [1.29, 1.82) is 0 Å². The number of nitrogens with one attached hydrogen (secondary N) is 3. The first-order chi connectivity index (χ1) is 13.8. The van der Waals surface area contributed by atoms with Gasteiger partial charge in [-0.05, 0) is 80.1 Å². The highest BCUT2D eigenvalue weighted by Gasteiger charge is 2.21. The van der Waals surface area contributed by atoms with Gasteiger partial charge < -0.3 is 16.0 Å². The van der Waals surface area contributed by atoms with Gasteiger partial charge in [0.25, 0.3) is 0 Å². The summed E-state index contributed by atoms with van der Waals surface area (Å²) in [5.74, 6) is 0.767. The number of nitrogens with zero attached hydrogens (tertiary/aromatic N) is 1. The van der Waals surface area contributed by atoms with E-state index in [9.17, 15) is 4.79 Å². The topological polar surface area (TPSA) is 66.0 Å². The quantitative estimate of drug-likeness (QED) is 0.626. The number of pyridine rings is 1. The molecule has 28 heavy (non-hydrogen) atoms. The minimum atomic E-state index is -0.325. The molecule has 1 aliphatic heterocycles. The van der Waals surface area contributed by atoms with Gasteiger partial charge in [0.2, 0.25) is 5.91 Å². The molecule has 0 radical (unpaired) electrons. The van der Waals surface area contributed by atoms with Crippen LogP contribution in [0.4, 0.5) is 0 Å². The van der Waals surface area contributed by atoms with Gasteiger partial charge in [-0.2, -0.15) is 0 Å². The van der Waals surface area contributed by atoms with Crippen LogP contribution in [0, 0.1) is 5.92 Å². The van der Waals surface area contributed by atoms with Crippen molar-refractivity contribution >= 4 is 5.91 Å². The molecule has 1 amide bonds. The maximum Gasteiger partial charge on any atom is 0.242 e. The van der Waals surface area contributed by atoms with Crippen molar-refractivity contribution in [3.05, 3.63) is 65.5 Å². The highest BCUT2D eigenvalue weighted by atomic mass is 16.2. The lowest BCUT2D eigenvalue weighted by Gasteiger charge is -2.24. The summed E-state index contributed by atoms with van der Waals surface area (Å²) in [5.41, 5.74) is 3.36. The Morgan fingerprint density at radius 1 is 1.11 bits per heavy atom. The van der Waals surface area contributed by atoms with Crippen molar-refractivity contribution in [3.8, 4) is 0 Å². The Bertz CT molecular complexity index is 711. The molecule has 3 rings (SSSR count). The largest absolute Gasteiger partial charge is 0.350 e. The van der Waals surface area contributed by atoms with Gasteiger partial charge in [0.05, 0.1) is 0 Å². The first kappa shape index (κ1) is 20.5. The number of rotatable bonds is 9. The summed E-state index contributed by atoms with van der Waals surface area (Å²) in [7, 11) is 0. The number of hydrogen-bond acceptors (Lipinski definition) is 4. The summed E-state index contributed by atoms with van der Waals surface area (Å²) in [6, 6.07) is 11.9. The van der Waals surface area contributed by atoms with Gasteiger partial charge in [-0.15, -0.1) is 0 Å². The highest BCUT2D eigenvalue weighted by molar-refractivity contribution is 5.83. The van der Waals surface area contributed by atoms with Gasteiger partial charge in [-0.1, -0.05) is 31.2 Å². The number of aryl methyl sites for hydroxylation is 1. The van der Waals surface area contributed by atoms with E-state index in [1.54, 1.807) is 12.4 Å². The number of benzene rings is 1. The fourth-order valence-corrected chi connectivity index (χ4v) is 3.70. The molecule has 150 valence electrons. The average molecular weight is 381 g/mol. The Balaban J connectivity index is 1.61. The number of carbonyl (C=O) groups excluding carboxylic acids is 1. The summed E-state index contributed by atoms with van der Waals surface area (Å²) in [5, 5.41) is 10.00. The van der Waals surface area contributed by atoms with Crippen molar-refractivity contribution in [2.24, 2.45) is 5.92 Å². The second-order valence-electron chi connectivity index (χ2n) is 7.54. The molecule has 2 heterocycles. The van der Waals surface area contributed by atoms with Crippen LogP contribution in [0.1, 0.15) is 48.9 Å². The minimum absolute atomic E-state index is 0.0198. The minimum Gasteiger partial charge on any atom is -0.350 e. The maximum absolute atomic E-state index is 13.0. The Hall–Kier alpha value is -2.24. The van der Waals surface area contributed by atoms with E-state index in [4.69, 9.17) is 0 Å². The van der Waals surface area contributed by atoms with Crippen molar-refractivity contribution in [3.63, 3.8) is 0 Å². The smallest absolute Gasteiger partial charge is 0.242 e. The van der Waals surface area contributed by atoms with E-state index in [1.807, 2.05) is 12.1 Å². The molecule has 3 N–H and O–H groups in total. The van der Waals surface area contributed by atoms with Crippen LogP contribution in [0.25, 0.3) is 0 Å². The van der Waals surface area contributed by atoms with E-state index >= 15 is 0 Å². The molecular weight excluding hydrogens is 348 g/mol. The van der Waals surface area contributed by atoms with Crippen LogP contribution in [-0.2, 0) is 17.8 Å². The molecule has 1 aromatic heterocycles. The molecule has 0 bridgehead atoms. The number of hydrogen-bond donors (Lipinski definition) is 3. The number of amides is 1. The molecule has 1 fully saturated rings. The molecule has 5 nitrogen and oxygen atoms in total. The molecule has 1 aliphatic rings. The summed E-state index contributed by atoms with van der Waals surface area (Å²) >= 11 is 0. The van der Waals surface area contributed by atoms with Crippen molar-refractivity contribution in [2.75, 3.05) is 19.6 Å². The van der Waals surface area contributed by atoms with E-state index in [0.29, 0.717) is 6.54 Å².